The van der Waals surface area contributed by atoms with Crippen LogP contribution in [0.4, 0.5) is 13.2 Å². The second kappa shape index (κ2) is 7.30. The lowest BCUT2D eigenvalue weighted by Gasteiger charge is -2.11. The maximum Gasteiger partial charge on any atom is 0.417 e. The van der Waals surface area contributed by atoms with Crippen LogP contribution in [0.2, 0.25) is 0 Å². The number of carbonyl (C=O) groups excluding carboxylic acids is 1. The minimum absolute atomic E-state index is 0.0248. The normalized spacial score (nSPS) is 11.9. The van der Waals surface area contributed by atoms with Gasteiger partial charge in [0.15, 0.2) is 5.65 Å². The fourth-order valence-electron chi connectivity index (χ4n) is 2.85. The zero-order valence-corrected chi connectivity index (χ0v) is 15.9. The van der Waals surface area contributed by atoms with Crippen LogP contribution in [0.1, 0.15) is 30.0 Å². The van der Waals surface area contributed by atoms with Crippen molar-refractivity contribution >= 4 is 28.3 Å². The average Bonchev–Trinajstić information content (AvgIpc) is 3.19. The first-order chi connectivity index (χ1) is 12.7. The number of fused-ring (bicyclic) bond motifs is 1. The molecule has 0 saturated heterocycles. The van der Waals surface area contributed by atoms with Gasteiger partial charge in [-0.05, 0) is 38.5 Å². The second-order valence-corrected chi connectivity index (χ2v) is 7.09. The van der Waals surface area contributed by atoms with Crippen LogP contribution in [0.5, 0.6) is 0 Å². The summed E-state index contributed by atoms with van der Waals surface area (Å²) in [6.07, 6.45) is -3.78. The summed E-state index contributed by atoms with van der Waals surface area (Å²) in [6.45, 7) is 4.99. The molecule has 0 spiro atoms. The standard InChI is InChI=1S/C18H18F3N3O2S/c1-4-11-6-7-14(27-11)13-8-12(18(19,20)21)16-10(3)23-24(17(16)22-13)9-15(25)26-5-2/h6-8H,4-5,9H2,1-3H3. The molecule has 0 fully saturated rings. The number of carbonyl (C=O) groups is 1. The van der Waals surface area contributed by atoms with Crippen LogP contribution in [0.3, 0.4) is 0 Å². The lowest BCUT2D eigenvalue weighted by molar-refractivity contribution is -0.144. The Kier molecular flexibility index (Phi) is 5.23. The summed E-state index contributed by atoms with van der Waals surface area (Å²) in [5.41, 5.74) is -0.399. The van der Waals surface area contributed by atoms with E-state index in [1.165, 1.54) is 22.9 Å². The maximum absolute atomic E-state index is 13.7. The molecule has 5 nitrogen and oxygen atoms in total. The zero-order chi connectivity index (χ0) is 19.8. The summed E-state index contributed by atoms with van der Waals surface area (Å²) < 4.78 is 47.2. The SMILES string of the molecule is CCOC(=O)Cn1nc(C)c2c(C(F)(F)F)cc(-c3ccc(CC)s3)nc21. The highest BCUT2D eigenvalue weighted by molar-refractivity contribution is 7.15. The first-order valence-electron chi connectivity index (χ1n) is 8.44. The molecular formula is C18H18F3N3O2S. The summed E-state index contributed by atoms with van der Waals surface area (Å²) in [4.78, 5) is 17.9. The molecule has 0 aromatic carbocycles. The summed E-state index contributed by atoms with van der Waals surface area (Å²) >= 11 is 1.40. The largest absolute Gasteiger partial charge is 0.465 e. The van der Waals surface area contributed by atoms with Gasteiger partial charge >= 0.3 is 12.1 Å². The fraction of sp³-hybridized carbons (Fsp3) is 0.389. The number of nitrogens with zero attached hydrogens (tertiary/aromatic N) is 3. The molecule has 3 heterocycles. The van der Waals surface area contributed by atoms with Crippen molar-refractivity contribution in [1.29, 1.82) is 0 Å². The van der Waals surface area contributed by atoms with Crippen molar-refractivity contribution in [2.45, 2.75) is 39.9 Å². The number of esters is 1. The van der Waals surface area contributed by atoms with Crippen molar-refractivity contribution in [2.24, 2.45) is 0 Å². The lowest BCUT2D eigenvalue weighted by atomic mass is 10.1. The zero-order valence-electron chi connectivity index (χ0n) is 15.1. The number of aryl methyl sites for hydroxylation is 2. The van der Waals surface area contributed by atoms with Crippen LogP contribution in [0.25, 0.3) is 21.6 Å². The molecule has 9 heteroatoms. The number of alkyl halides is 3. The summed E-state index contributed by atoms with van der Waals surface area (Å²) in [5.74, 6) is -0.577. The smallest absolute Gasteiger partial charge is 0.417 e. The van der Waals surface area contributed by atoms with E-state index in [0.717, 1.165) is 17.4 Å². The Morgan fingerprint density at radius 3 is 2.63 bits per heavy atom. The molecule has 0 bridgehead atoms. The molecule has 0 aliphatic heterocycles. The number of rotatable bonds is 5. The second-order valence-electron chi connectivity index (χ2n) is 5.92. The molecule has 0 unspecified atom stereocenters. The van der Waals surface area contributed by atoms with Gasteiger partial charge in [0.25, 0.3) is 0 Å². The summed E-state index contributed by atoms with van der Waals surface area (Å²) in [5, 5.41) is 4.00. The van der Waals surface area contributed by atoms with E-state index in [1.807, 2.05) is 13.0 Å². The average molecular weight is 397 g/mol. The Bertz CT molecular complexity index is 992. The highest BCUT2D eigenvalue weighted by atomic mass is 32.1. The van der Waals surface area contributed by atoms with Gasteiger partial charge in [-0.1, -0.05) is 6.92 Å². The molecule has 3 aromatic heterocycles. The molecule has 3 aromatic rings. The van der Waals surface area contributed by atoms with Gasteiger partial charge in [0.1, 0.15) is 6.54 Å². The highest BCUT2D eigenvalue weighted by Crippen LogP contribution is 2.39. The number of hydrogen-bond donors (Lipinski definition) is 0. The number of hydrogen-bond acceptors (Lipinski definition) is 5. The lowest BCUT2D eigenvalue weighted by Crippen LogP contribution is -2.15. The maximum atomic E-state index is 13.7. The predicted molar refractivity (Wildman–Crippen MR) is 96.6 cm³/mol. The Hall–Kier alpha value is -2.42. The van der Waals surface area contributed by atoms with Crippen molar-refractivity contribution in [3.8, 4) is 10.6 Å². The van der Waals surface area contributed by atoms with E-state index in [1.54, 1.807) is 13.0 Å². The quantitative estimate of drug-likeness (QED) is 0.590. The van der Waals surface area contributed by atoms with Gasteiger partial charge < -0.3 is 4.74 Å². The van der Waals surface area contributed by atoms with Gasteiger partial charge in [-0.25, -0.2) is 9.67 Å². The van der Waals surface area contributed by atoms with Gasteiger partial charge in [-0.15, -0.1) is 11.3 Å². The third kappa shape index (κ3) is 3.83. The van der Waals surface area contributed by atoms with E-state index in [2.05, 4.69) is 10.1 Å². The van der Waals surface area contributed by atoms with Crippen molar-refractivity contribution in [3.63, 3.8) is 0 Å². The predicted octanol–water partition coefficient (Wildman–Crippen LogP) is 4.61. The van der Waals surface area contributed by atoms with Crippen LogP contribution in [-0.2, 0) is 28.7 Å². The molecule has 0 atom stereocenters. The minimum atomic E-state index is -4.57. The van der Waals surface area contributed by atoms with Gasteiger partial charge in [-0.2, -0.15) is 18.3 Å². The van der Waals surface area contributed by atoms with Crippen LogP contribution < -0.4 is 0 Å². The Labute approximate surface area is 157 Å². The van der Waals surface area contributed by atoms with Gasteiger partial charge in [-0.3, -0.25) is 4.79 Å². The fourth-order valence-corrected chi connectivity index (χ4v) is 3.76. The molecule has 0 aliphatic carbocycles. The monoisotopic (exact) mass is 397 g/mol. The molecule has 0 amide bonds. The molecule has 0 saturated carbocycles. The van der Waals surface area contributed by atoms with E-state index >= 15 is 0 Å². The molecular weight excluding hydrogens is 379 g/mol. The first kappa shape index (κ1) is 19.3. The van der Waals surface area contributed by atoms with E-state index in [0.29, 0.717) is 4.88 Å². The molecule has 0 aliphatic rings. The highest BCUT2D eigenvalue weighted by Gasteiger charge is 2.36. The van der Waals surface area contributed by atoms with E-state index in [9.17, 15) is 18.0 Å². The van der Waals surface area contributed by atoms with Crippen LogP contribution in [0.15, 0.2) is 18.2 Å². The van der Waals surface area contributed by atoms with Crippen LogP contribution in [-0.4, -0.2) is 27.3 Å². The molecule has 27 heavy (non-hydrogen) atoms. The third-order valence-corrected chi connectivity index (χ3v) is 5.28. The Balaban J connectivity index is 2.22. The number of ether oxygens (including phenoxy) is 1. The first-order valence-corrected chi connectivity index (χ1v) is 9.26. The van der Waals surface area contributed by atoms with Crippen molar-refractivity contribution in [3.05, 3.63) is 34.3 Å². The van der Waals surface area contributed by atoms with Gasteiger partial charge in [0, 0.05) is 4.88 Å². The van der Waals surface area contributed by atoms with Gasteiger partial charge in [0.2, 0.25) is 0 Å². The number of pyridine rings is 1. The number of halogens is 3. The van der Waals surface area contributed by atoms with Crippen LogP contribution in [0, 0.1) is 6.92 Å². The van der Waals surface area contributed by atoms with E-state index in [4.69, 9.17) is 4.74 Å². The van der Waals surface area contributed by atoms with Crippen molar-refractivity contribution < 1.29 is 22.7 Å². The topological polar surface area (TPSA) is 57.0 Å². The van der Waals surface area contributed by atoms with E-state index in [-0.39, 0.29) is 35.6 Å². The molecule has 0 N–H and O–H groups in total. The van der Waals surface area contributed by atoms with Crippen molar-refractivity contribution in [2.75, 3.05) is 6.61 Å². The number of aromatic nitrogens is 3. The molecule has 3 rings (SSSR count). The van der Waals surface area contributed by atoms with Crippen molar-refractivity contribution in [1.82, 2.24) is 14.8 Å². The summed E-state index contributed by atoms with van der Waals surface area (Å²) in [6, 6.07) is 4.69. The minimum Gasteiger partial charge on any atom is -0.465 e. The van der Waals surface area contributed by atoms with E-state index < -0.39 is 17.7 Å². The van der Waals surface area contributed by atoms with Gasteiger partial charge in [0.05, 0.1) is 33.8 Å². The van der Waals surface area contributed by atoms with Crippen LogP contribution >= 0.6 is 11.3 Å². The number of thiophene rings is 1. The molecule has 144 valence electrons. The Morgan fingerprint density at radius 1 is 1.30 bits per heavy atom. The Morgan fingerprint density at radius 2 is 2.04 bits per heavy atom. The molecule has 0 radical (unpaired) electrons. The summed E-state index contributed by atoms with van der Waals surface area (Å²) in [7, 11) is 0. The third-order valence-electron chi connectivity index (χ3n) is 4.03.